The number of rotatable bonds is 7. The molecule has 0 aliphatic heterocycles. The molecule has 0 aliphatic rings. The second-order valence-electron chi connectivity index (χ2n) is 7.96. The maximum Gasteiger partial charge on any atom is 0.183 e. The van der Waals surface area contributed by atoms with Crippen LogP contribution in [-0.4, -0.2) is 39.0 Å². The highest BCUT2D eigenvalue weighted by molar-refractivity contribution is 5.92. The van der Waals surface area contributed by atoms with E-state index < -0.39 is 17.7 Å². The van der Waals surface area contributed by atoms with E-state index in [4.69, 9.17) is 14.6 Å². The fourth-order valence-electron chi connectivity index (χ4n) is 4.05. The summed E-state index contributed by atoms with van der Waals surface area (Å²) in [6, 6.07) is 12.5. The second-order valence-corrected chi connectivity index (χ2v) is 7.96. The zero-order valence-electron chi connectivity index (χ0n) is 19.7. The largest absolute Gasteiger partial charge is 0.497 e. The van der Waals surface area contributed by atoms with Crippen LogP contribution in [0.4, 0.5) is 20.3 Å². The first-order valence-corrected chi connectivity index (χ1v) is 11.1. The number of para-hydroxylation sites is 1. The molecule has 5 rings (SSSR count). The minimum Gasteiger partial charge on any atom is -0.497 e. The van der Waals surface area contributed by atoms with Gasteiger partial charge in [0.25, 0.3) is 0 Å². The lowest BCUT2D eigenvalue weighted by Gasteiger charge is -2.16. The zero-order chi connectivity index (χ0) is 25.2. The molecule has 3 aromatic heterocycles. The summed E-state index contributed by atoms with van der Waals surface area (Å²) in [7, 11) is 2.89. The SMILES string of the molecule is COc1cc(F)c([C@H](C)n2nc(-c3ncc(OC)c(Nc4ccncc4)n3)c3ccccc32)c(F)c1. The van der Waals surface area contributed by atoms with Gasteiger partial charge in [-0.05, 0) is 25.1 Å². The summed E-state index contributed by atoms with van der Waals surface area (Å²) in [5.41, 5.74) is 1.79. The van der Waals surface area contributed by atoms with Crippen LogP contribution in [0, 0.1) is 11.6 Å². The number of fused-ring (bicyclic) bond motifs is 1. The smallest absolute Gasteiger partial charge is 0.183 e. The third kappa shape index (κ3) is 4.17. The first-order valence-electron chi connectivity index (χ1n) is 11.1. The van der Waals surface area contributed by atoms with E-state index in [1.165, 1.54) is 14.2 Å². The van der Waals surface area contributed by atoms with Crippen LogP contribution >= 0.6 is 0 Å². The molecule has 2 aromatic carbocycles. The minimum atomic E-state index is -0.762. The van der Waals surface area contributed by atoms with E-state index >= 15 is 0 Å². The monoisotopic (exact) mass is 488 g/mol. The van der Waals surface area contributed by atoms with Crippen LogP contribution in [0.1, 0.15) is 18.5 Å². The van der Waals surface area contributed by atoms with Crippen molar-refractivity contribution in [3.05, 3.63) is 84.3 Å². The summed E-state index contributed by atoms with van der Waals surface area (Å²) in [5.74, 6) is -0.129. The van der Waals surface area contributed by atoms with Crippen molar-refractivity contribution in [3.63, 3.8) is 0 Å². The molecule has 0 saturated carbocycles. The predicted octanol–water partition coefficient (Wildman–Crippen LogP) is 5.54. The van der Waals surface area contributed by atoms with Gasteiger partial charge in [0.2, 0.25) is 0 Å². The maximum atomic E-state index is 14.9. The number of benzene rings is 2. The molecule has 3 heterocycles. The van der Waals surface area contributed by atoms with Crippen molar-refractivity contribution in [1.82, 2.24) is 24.7 Å². The number of aromatic nitrogens is 5. The Morgan fingerprint density at radius 3 is 2.39 bits per heavy atom. The molecule has 0 amide bonds. The van der Waals surface area contributed by atoms with E-state index in [0.29, 0.717) is 28.6 Å². The number of nitrogens with one attached hydrogen (secondary N) is 1. The average Bonchev–Trinajstić information content (AvgIpc) is 3.28. The Labute approximate surface area is 205 Å². The third-order valence-electron chi connectivity index (χ3n) is 5.82. The fraction of sp³-hybridized carbons (Fsp3) is 0.154. The number of hydrogen-bond acceptors (Lipinski definition) is 7. The molecule has 1 N–H and O–H groups in total. The van der Waals surface area contributed by atoms with Gasteiger partial charge in [-0.2, -0.15) is 5.10 Å². The number of anilines is 2. The topological polar surface area (TPSA) is 87.0 Å². The van der Waals surface area contributed by atoms with Crippen LogP contribution in [-0.2, 0) is 0 Å². The van der Waals surface area contributed by atoms with Crippen LogP contribution in [0.2, 0.25) is 0 Å². The Hall–Kier alpha value is -4.60. The number of methoxy groups -OCH3 is 2. The molecule has 0 radical (unpaired) electrons. The summed E-state index contributed by atoms with van der Waals surface area (Å²) in [6.45, 7) is 1.68. The molecular formula is C26H22F2N6O2. The number of ether oxygens (including phenoxy) is 2. The van der Waals surface area contributed by atoms with Gasteiger partial charge < -0.3 is 14.8 Å². The van der Waals surface area contributed by atoms with Gasteiger partial charge in [-0.25, -0.2) is 18.7 Å². The third-order valence-corrected chi connectivity index (χ3v) is 5.82. The molecule has 0 bridgehead atoms. The van der Waals surface area contributed by atoms with Crippen LogP contribution < -0.4 is 14.8 Å². The van der Waals surface area contributed by atoms with Gasteiger partial charge in [0, 0.05) is 41.2 Å². The highest BCUT2D eigenvalue weighted by Crippen LogP contribution is 2.34. The molecule has 0 unspecified atom stereocenters. The Morgan fingerprint density at radius 2 is 1.69 bits per heavy atom. The van der Waals surface area contributed by atoms with Crippen molar-refractivity contribution in [2.45, 2.75) is 13.0 Å². The van der Waals surface area contributed by atoms with Crippen molar-refractivity contribution in [1.29, 1.82) is 0 Å². The summed E-state index contributed by atoms with van der Waals surface area (Å²) in [5, 5.41) is 8.65. The quantitative estimate of drug-likeness (QED) is 0.322. The van der Waals surface area contributed by atoms with Gasteiger partial charge in [0.15, 0.2) is 17.4 Å². The van der Waals surface area contributed by atoms with Gasteiger partial charge in [0.05, 0.1) is 32.0 Å². The fourth-order valence-corrected chi connectivity index (χ4v) is 4.05. The minimum absolute atomic E-state index is 0.104. The predicted molar refractivity (Wildman–Crippen MR) is 132 cm³/mol. The number of pyridine rings is 1. The summed E-state index contributed by atoms with van der Waals surface area (Å²) in [6.07, 6.45) is 4.86. The molecule has 8 nitrogen and oxygen atoms in total. The lowest BCUT2D eigenvalue weighted by molar-refractivity contribution is 0.402. The number of nitrogens with zero attached hydrogens (tertiary/aromatic N) is 5. The first kappa shape index (κ1) is 23.2. The molecule has 0 fully saturated rings. The lowest BCUT2D eigenvalue weighted by atomic mass is 10.1. The van der Waals surface area contributed by atoms with E-state index in [-0.39, 0.29) is 11.3 Å². The normalized spacial score (nSPS) is 11.9. The van der Waals surface area contributed by atoms with E-state index in [1.807, 2.05) is 24.3 Å². The maximum absolute atomic E-state index is 14.9. The standard InChI is InChI=1S/C26H22F2N6O2/c1-15(23-19(27)12-17(35-2)13-20(23)28)34-21-7-5-4-6-18(21)24(33-34)26-30-14-22(36-3)25(32-26)31-16-8-10-29-11-9-16/h4-15H,1-3H3,(H,29,30,31,32)/t15-/m0/s1. The molecule has 0 aliphatic carbocycles. The lowest BCUT2D eigenvalue weighted by Crippen LogP contribution is -2.13. The summed E-state index contributed by atoms with van der Waals surface area (Å²) in [4.78, 5) is 13.1. The molecule has 182 valence electrons. The van der Waals surface area contributed by atoms with Crippen molar-refractivity contribution in [2.24, 2.45) is 0 Å². The van der Waals surface area contributed by atoms with Crippen molar-refractivity contribution < 1.29 is 18.3 Å². The Kier molecular flexibility index (Phi) is 6.16. The highest BCUT2D eigenvalue weighted by Gasteiger charge is 2.24. The second kappa shape index (κ2) is 9.57. The van der Waals surface area contributed by atoms with Gasteiger partial charge in [-0.3, -0.25) is 9.67 Å². The van der Waals surface area contributed by atoms with Crippen molar-refractivity contribution in [3.8, 4) is 23.0 Å². The van der Waals surface area contributed by atoms with E-state index in [1.54, 1.807) is 42.3 Å². The molecule has 36 heavy (non-hydrogen) atoms. The average molecular weight is 488 g/mol. The Balaban J connectivity index is 1.62. The van der Waals surface area contributed by atoms with E-state index in [2.05, 4.69) is 20.3 Å². The Bertz CT molecular complexity index is 1520. The van der Waals surface area contributed by atoms with Gasteiger partial charge in [-0.15, -0.1) is 0 Å². The molecule has 0 saturated heterocycles. The van der Waals surface area contributed by atoms with Crippen LogP contribution in [0.25, 0.3) is 22.4 Å². The molecule has 0 spiro atoms. The first-order chi connectivity index (χ1) is 17.5. The molecule has 1 atom stereocenters. The van der Waals surface area contributed by atoms with Crippen molar-refractivity contribution >= 4 is 22.4 Å². The summed E-state index contributed by atoms with van der Waals surface area (Å²) < 4.78 is 41.8. The number of hydrogen-bond donors (Lipinski definition) is 1. The van der Waals surface area contributed by atoms with Gasteiger partial charge >= 0.3 is 0 Å². The zero-order valence-corrected chi connectivity index (χ0v) is 19.7. The van der Waals surface area contributed by atoms with Gasteiger partial charge in [-0.1, -0.05) is 18.2 Å². The van der Waals surface area contributed by atoms with E-state index in [0.717, 1.165) is 23.2 Å². The molecule has 10 heteroatoms. The van der Waals surface area contributed by atoms with Crippen LogP contribution in [0.5, 0.6) is 11.5 Å². The van der Waals surface area contributed by atoms with Crippen molar-refractivity contribution in [2.75, 3.05) is 19.5 Å². The Morgan fingerprint density at radius 1 is 0.972 bits per heavy atom. The molecular weight excluding hydrogens is 466 g/mol. The highest BCUT2D eigenvalue weighted by atomic mass is 19.1. The van der Waals surface area contributed by atoms with Gasteiger partial charge in [0.1, 0.15) is 23.1 Å². The van der Waals surface area contributed by atoms with Crippen LogP contribution in [0.3, 0.4) is 0 Å². The van der Waals surface area contributed by atoms with Crippen LogP contribution in [0.15, 0.2) is 67.1 Å². The number of halogens is 2. The summed E-state index contributed by atoms with van der Waals surface area (Å²) >= 11 is 0. The molecule has 5 aromatic rings. The van der Waals surface area contributed by atoms with E-state index in [9.17, 15) is 8.78 Å².